The van der Waals surface area contributed by atoms with Crippen molar-refractivity contribution in [1.29, 1.82) is 0 Å². The van der Waals surface area contributed by atoms with E-state index in [1.807, 2.05) is 0 Å². The Morgan fingerprint density at radius 2 is 1.55 bits per heavy atom. The second-order valence-electron chi connectivity index (χ2n) is 3.98. The maximum Gasteiger partial charge on any atom is 0.242 e. The number of likely N-dealkylation sites (N-methyl/N-ethyl adjacent to an activating group) is 2. The molecule has 0 aliphatic heterocycles. The van der Waals surface area contributed by atoms with Gasteiger partial charge in [0.25, 0.3) is 0 Å². The van der Waals surface area contributed by atoms with Gasteiger partial charge in [0.05, 0.1) is 12.6 Å². The average Bonchev–Trinajstić information content (AvgIpc) is 2.46. The zero-order valence-electron chi connectivity index (χ0n) is 11.6. The Morgan fingerprint density at radius 1 is 1.00 bits per heavy atom. The first-order chi connectivity index (χ1) is 9.49. The normalized spacial score (nSPS) is 13.2. The van der Waals surface area contributed by atoms with Gasteiger partial charge in [0, 0.05) is 19.8 Å². The van der Waals surface area contributed by atoms with Gasteiger partial charge in [-0.1, -0.05) is 0 Å². The number of hydrogen-bond acceptors (Lipinski definition) is 6. The molecule has 0 aliphatic carbocycles. The van der Waals surface area contributed by atoms with Crippen molar-refractivity contribution in [2.45, 2.75) is 18.5 Å². The first kappa shape index (κ1) is 19.1. The van der Waals surface area contributed by atoms with Crippen LogP contribution in [0.3, 0.4) is 0 Å². The molecule has 0 aromatic carbocycles. The van der Waals surface area contributed by atoms with Crippen molar-refractivity contribution in [3.8, 4) is 0 Å². The number of hydrogen-bond donors (Lipinski definition) is 6. The van der Waals surface area contributed by atoms with E-state index < -0.39 is 12.1 Å². The molecule has 0 saturated heterocycles. The second-order valence-corrected chi connectivity index (χ2v) is 4.79. The van der Waals surface area contributed by atoms with E-state index in [4.69, 9.17) is 0 Å². The molecule has 0 aliphatic rings. The molecule has 2 atom stereocenters. The molecule has 0 aromatic rings. The van der Waals surface area contributed by atoms with Crippen LogP contribution in [-0.4, -0.2) is 62.0 Å². The van der Waals surface area contributed by atoms with E-state index in [0.717, 1.165) is 0 Å². The van der Waals surface area contributed by atoms with Gasteiger partial charge < -0.3 is 16.0 Å². The van der Waals surface area contributed by atoms with E-state index in [9.17, 15) is 14.4 Å². The number of carbonyl (C=O) groups excluding carboxylic acids is 3. The van der Waals surface area contributed by atoms with Gasteiger partial charge in [-0.25, -0.2) is 0 Å². The maximum atomic E-state index is 11.7. The Bertz CT molecular complexity index is 342. The molecule has 0 heterocycles. The third-order valence-electron chi connectivity index (χ3n) is 2.57. The van der Waals surface area contributed by atoms with Gasteiger partial charge >= 0.3 is 0 Å². The lowest BCUT2D eigenvalue weighted by Gasteiger charge is -2.18. The van der Waals surface area contributed by atoms with Crippen LogP contribution in [0, 0.1) is 0 Å². The Morgan fingerprint density at radius 3 is 2.00 bits per heavy atom. The summed E-state index contributed by atoms with van der Waals surface area (Å²) in [5.74, 6) is -0.141. The predicted molar refractivity (Wildman–Crippen MR) is 84.2 cm³/mol. The first-order valence-electron chi connectivity index (χ1n) is 6.17. The Labute approximate surface area is 129 Å². The summed E-state index contributed by atoms with van der Waals surface area (Å²) in [6.45, 7) is -0.0707. The molecular formula is C11H22N4O3S2. The molecule has 7 nitrogen and oxygen atoms in total. The summed E-state index contributed by atoms with van der Waals surface area (Å²) in [5, 5.41) is 10.3. The van der Waals surface area contributed by atoms with Gasteiger partial charge in [-0.2, -0.15) is 25.3 Å². The minimum atomic E-state index is -0.624. The third kappa shape index (κ3) is 7.01. The Balaban J connectivity index is 4.31. The van der Waals surface area contributed by atoms with Crippen molar-refractivity contribution in [3.05, 3.63) is 0 Å². The molecule has 0 rings (SSSR count). The van der Waals surface area contributed by atoms with Crippen molar-refractivity contribution in [1.82, 2.24) is 21.3 Å². The summed E-state index contributed by atoms with van der Waals surface area (Å²) in [5.41, 5.74) is 0. The molecule has 3 amide bonds. The fourth-order valence-corrected chi connectivity index (χ4v) is 2.00. The lowest BCUT2D eigenvalue weighted by molar-refractivity contribution is -0.128. The number of amides is 3. The second kappa shape index (κ2) is 10.8. The highest BCUT2D eigenvalue weighted by Crippen LogP contribution is 1.95. The number of carbonyl (C=O) groups is 3. The molecule has 0 spiro atoms. The van der Waals surface area contributed by atoms with Crippen LogP contribution in [0.15, 0.2) is 0 Å². The van der Waals surface area contributed by atoms with Crippen molar-refractivity contribution < 1.29 is 14.4 Å². The van der Waals surface area contributed by atoms with Gasteiger partial charge in [0.15, 0.2) is 0 Å². The summed E-state index contributed by atoms with van der Waals surface area (Å²) in [6.07, 6.45) is 0.431. The highest BCUT2D eigenvalue weighted by molar-refractivity contribution is 7.80. The minimum Gasteiger partial charge on any atom is -0.358 e. The number of thiol groups is 2. The quantitative estimate of drug-likeness (QED) is 0.281. The SMILES string of the molecule is CNC(=O)C(CS)NCC(=O)NC(CCS)C(=O)NC. The zero-order chi connectivity index (χ0) is 15.5. The molecule has 0 bridgehead atoms. The van der Waals surface area contributed by atoms with Crippen molar-refractivity contribution >= 4 is 43.0 Å². The Hall–Kier alpha value is -0.930. The lowest BCUT2D eigenvalue weighted by atomic mass is 10.2. The van der Waals surface area contributed by atoms with Gasteiger partial charge in [-0.3, -0.25) is 19.7 Å². The molecule has 0 aromatic heterocycles. The van der Waals surface area contributed by atoms with E-state index in [1.165, 1.54) is 14.1 Å². The fourth-order valence-electron chi connectivity index (χ4n) is 1.45. The predicted octanol–water partition coefficient (Wildman–Crippen LogP) is -1.83. The van der Waals surface area contributed by atoms with Crippen molar-refractivity contribution in [2.24, 2.45) is 0 Å². The smallest absolute Gasteiger partial charge is 0.242 e. The molecule has 20 heavy (non-hydrogen) atoms. The van der Waals surface area contributed by atoms with Gasteiger partial charge in [-0.05, 0) is 12.2 Å². The molecule has 0 radical (unpaired) electrons. The highest BCUT2D eigenvalue weighted by atomic mass is 32.1. The summed E-state index contributed by atoms with van der Waals surface area (Å²) < 4.78 is 0. The third-order valence-corrected chi connectivity index (χ3v) is 3.19. The van der Waals surface area contributed by atoms with E-state index >= 15 is 0 Å². The van der Waals surface area contributed by atoms with Crippen LogP contribution in [0.25, 0.3) is 0 Å². The monoisotopic (exact) mass is 322 g/mol. The highest BCUT2D eigenvalue weighted by Gasteiger charge is 2.20. The first-order valence-corrected chi connectivity index (χ1v) is 7.44. The van der Waals surface area contributed by atoms with Gasteiger partial charge in [0.1, 0.15) is 6.04 Å². The van der Waals surface area contributed by atoms with E-state index in [1.54, 1.807) is 0 Å². The van der Waals surface area contributed by atoms with Crippen molar-refractivity contribution in [3.63, 3.8) is 0 Å². The number of nitrogens with one attached hydrogen (secondary N) is 4. The maximum absolute atomic E-state index is 11.7. The molecular weight excluding hydrogens is 300 g/mol. The zero-order valence-corrected chi connectivity index (χ0v) is 13.4. The van der Waals surface area contributed by atoms with Crippen LogP contribution in [0.1, 0.15) is 6.42 Å². The molecule has 0 fully saturated rings. The van der Waals surface area contributed by atoms with E-state index in [-0.39, 0.29) is 30.0 Å². The Kier molecular flexibility index (Phi) is 10.3. The molecule has 0 saturated carbocycles. The molecule has 116 valence electrons. The van der Waals surface area contributed by atoms with Crippen LogP contribution in [0.2, 0.25) is 0 Å². The van der Waals surface area contributed by atoms with E-state index in [2.05, 4.69) is 46.5 Å². The van der Waals surface area contributed by atoms with Crippen LogP contribution in [0.4, 0.5) is 0 Å². The summed E-state index contributed by atoms with van der Waals surface area (Å²) >= 11 is 8.08. The topological polar surface area (TPSA) is 99.3 Å². The molecule has 9 heteroatoms. The summed E-state index contributed by atoms with van der Waals surface area (Å²) in [6, 6.07) is -1.18. The summed E-state index contributed by atoms with van der Waals surface area (Å²) in [7, 11) is 3.01. The van der Waals surface area contributed by atoms with Gasteiger partial charge in [-0.15, -0.1) is 0 Å². The minimum absolute atomic E-state index is 0.0707. The van der Waals surface area contributed by atoms with Crippen LogP contribution < -0.4 is 21.3 Å². The van der Waals surface area contributed by atoms with Crippen LogP contribution >= 0.6 is 25.3 Å². The average molecular weight is 322 g/mol. The largest absolute Gasteiger partial charge is 0.358 e. The lowest BCUT2D eigenvalue weighted by Crippen LogP contribution is -2.51. The standard InChI is InChI=1S/C11H22N4O3S2/c1-12-10(17)7(3-4-19)15-9(16)5-14-8(6-20)11(18)13-2/h7-8,14,19-20H,3-6H2,1-2H3,(H,12,17)(H,13,18)(H,15,16). The molecule has 2 unspecified atom stereocenters. The van der Waals surface area contributed by atoms with E-state index in [0.29, 0.717) is 12.2 Å². The van der Waals surface area contributed by atoms with Crippen LogP contribution in [-0.2, 0) is 14.4 Å². The number of rotatable bonds is 9. The fraction of sp³-hybridized carbons (Fsp3) is 0.727. The molecule has 4 N–H and O–H groups in total. The van der Waals surface area contributed by atoms with Crippen LogP contribution in [0.5, 0.6) is 0 Å². The van der Waals surface area contributed by atoms with Gasteiger partial charge in [0.2, 0.25) is 17.7 Å². The van der Waals surface area contributed by atoms with Crippen molar-refractivity contribution in [2.75, 3.05) is 32.1 Å². The summed E-state index contributed by atoms with van der Waals surface area (Å²) in [4.78, 5) is 34.7.